The highest BCUT2D eigenvalue weighted by molar-refractivity contribution is 5.83. The molecule has 176 valence electrons. The lowest BCUT2D eigenvalue weighted by Crippen LogP contribution is -2.64. The van der Waals surface area contributed by atoms with Crippen LogP contribution >= 0.6 is 0 Å². The molecular weight excluding hydrogens is 420 g/mol. The van der Waals surface area contributed by atoms with Gasteiger partial charge in [-0.25, -0.2) is 8.78 Å². The molecule has 4 aliphatic rings. The highest BCUT2D eigenvalue weighted by atomic mass is 19.2. The molecule has 0 amide bonds. The minimum absolute atomic E-state index is 0.0553. The summed E-state index contributed by atoms with van der Waals surface area (Å²) in [5, 5.41) is 0. The molecule has 3 heterocycles. The van der Waals surface area contributed by atoms with E-state index in [9.17, 15) is 13.6 Å². The lowest BCUT2D eigenvalue weighted by Gasteiger charge is -2.52. The highest BCUT2D eigenvalue weighted by Crippen LogP contribution is 2.42. The van der Waals surface area contributed by atoms with Crippen LogP contribution in [0.1, 0.15) is 62.5 Å². The van der Waals surface area contributed by atoms with Crippen LogP contribution in [0.3, 0.4) is 0 Å². The van der Waals surface area contributed by atoms with E-state index in [4.69, 9.17) is 4.74 Å². The van der Waals surface area contributed by atoms with E-state index in [0.29, 0.717) is 12.5 Å². The molecular formula is C28H34F2NO2+. The second kappa shape index (κ2) is 9.17. The molecule has 1 atom stereocenters. The second-order valence-electron chi connectivity index (χ2n) is 10.5. The van der Waals surface area contributed by atoms with Crippen molar-refractivity contribution in [3.05, 3.63) is 71.3 Å². The molecule has 0 radical (unpaired) electrons. The number of rotatable bonds is 5. The molecule has 2 aromatic rings. The first-order valence-corrected chi connectivity index (χ1v) is 12.6. The SMILES string of the molecule is O=C(O[C@H]1C[N+]2(Cc3ccc(F)c(F)c3)CCC1CC2)C1(c2ccccc2)CCCCCC1. The zero-order valence-corrected chi connectivity index (χ0v) is 19.3. The van der Waals surface area contributed by atoms with E-state index in [-0.39, 0.29) is 12.1 Å². The van der Waals surface area contributed by atoms with E-state index >= 15 is 0 Å². The minimum Gasteiger partial charge on any atom is -0.455 e. The lowest BCUT2D eigenvalue weighted by molar-refractivity contribution is -0.958. The number of esters is 1. The summed E-state index contributed by atoms with van der Waals surface area (Å²) in [6.07, 6.45) is 8.06. The molecule has 3 aliphatic heterocycles. The largest absolute Gasteiger partial charge is 0.455 e. The number of halogens is 2. The summed E-state index contributed by atoms with van der Waals surface area (Å²) in [7, 11) is 0. The Hall–Kier alpha value is -2.27. The first kappa shape index (κ1) is 22.5. The molecule has 33 heavy (non-hydrogen) atoms. The number of hydrogen-bond acceptors (Lipinski definition) is 2. The summed E-state index contributed by atoms with van der Waals surface area (Å²) in [6.45, 7) is 3.42. The van der Waals surface area contributed by atoms with Gasteiger partial charge in [0.1, 0.15) is 13.1 Å². The van der Waals surface area contributed by atoms with Crippen LogP contribution in [0, 0.1) is 17.6 Å². The van der Waals surface area contributed by atoms with E-state index in [2.05, 4.69) is 12.1 Å². The van der Waals surface area contributed by atoms with Crippen molar-refractivity contribution in [2.24, 2.45) is 5.92 Å². The van der Waals surface area contributed by atoms with Gasteiger partial charge in [-0.2, -0.15) is 0 Å². The summed E-state index contributed by atoms with van der Waals surface area (Å²) in [6, 6.07) is 14.4. The van der Waals surface area contributed by atoms with Gasteiger partial charge < -0.3 is 9.22 Å². The zero-order valence-electron chi connectivity index (χ0n) is 19.3. The number of hydrogen-bond donors (Lipinski definition) is 0. The Morgan fingerprint density at radius 3 is 2.30 bits per heavy atom. The molecule has 1 aliphatic carbocycles. The van der Waals surface area contributed by atoms with Crippen molar-refractivity contribution in [2.45, 2.75) is 69.4 Å². The number of carbonyl (C=O) groups is 1. The first-order chi connectivity index (χ1) is 16.0. The zero-order chi connectivity index (χ0) is 22.9. The standard InChI is InChI=1S/C28H34F2NO2/c29-24-11-10-21(18-25(24)30)19-31-16-12-22(13-17-31)26(20-31)33-27(32)28(14-6-1-2-7-15-28)23-8-4-3-5-9-23/h3-5,8-11,18,22,26H,1-2,6-7,12-17,19-20H2/q+1/t22?,26-,31?/m0/s1. The predicted octanol–water partition coefficient (Wildman–Crippen LogP) is 5.91. The van der Waals surface area contributed by atoms with Gasteiger partial charge in [0.15, 0.2) is 17.7 Å². The van der Waals surface area contributed by atoms with Gasteiger partial charge in [-0.05, 0) is 30.5 Å². The maximum absolute atomic E-state index is 13.8. The van der Waals surface area contributed by atoms with Crippen molar-refractivity contribution < 1.29 is 22.8 Å². The molecule has 0 spiro atoms. The molecule has 2 aromatic carbocycles. The van der Waals surface area contributed by atoms with Crippen LogP contribution in [0.2, 0.25) is 0 Å². The van der Waals surface area contributed by atoms with Crippen molar-refractivity contribution in [1.82, 2.24) is 0 Å². The Morgan fingerprint density at radius 2 is 1.64 bits per heavy atom. The maximum Gasteiger partial charge on any atom is 0.317 e. The van der Waals surface area contributed by atoms with Crippen LogP contribution < -0.4 is 0 Å². The lowest BCUT2D eigenvalue weighted by atomic mass is 9.74. The second-order valence-corrected chi connectivity index (χ2v) is 10.5. The summed E-state index contributed by atoms with van der Waals surface area (Å²) in [5.74, 6) is -1.26. The summed E-state index contributed by atoms with van der Waals surface area (Å²) in [4.78, 5) is 13.8. The molecule has 0 unspecified atom stereocenters. The van der Waals surface area contributed by atoms with Gasteiger partial charge >= 0.3 is 5.97 Å². The number of carbonyl (C=O) groups excluding carboxylic acids is 1. The van der Waals surface area contributed by atoms with Gasteiger partial charge in [0.25, 0.3) is 0 Å². The Kier molecular flexibility index (Phi) is 6.26. The Balaban J connectivity index is 1.35. The molecule has 3 nitrogen and oxygen atoms in total. The first-order valence-electron chi connectivity index (χ1n) is 12.6. The van der Waals surface area contributed by atoms with Crippen molar-refractivity contribution in [3.63, 3.8) is 0 Å². The van der Waals surface area contributed by atoms with Crippen LogP contribution in [0.25, 0.3) is 0 Å². The number of ether oxygens (including phenoxy) is 1. The van der Waals surface area contributed by atoms with Gasteiger partial charge in [-0.1, -0.05) is 62.1 Å². The van der Waals surface area contributed by atoms with Gasteiger partial charge in [0.05, 0.1) is 18.5 Å². The molecule has 1 saturated carbocycles. The normalized spacial score (nSPS) is 28.8. The fourth-order valence-corrected chi connectivity index (χ4v) is 6.55. The summed E-state index contributed by atoms with van der Waals surface area (Å²) >= 11 is 0. The monoisotopic (exact) mass is 454 g/mol. The molecule has 2 bridgehead atoms. The number of piperidine rings is 3. The van der Waals surface area contributed by atoms with Gasteiger partial charge in [0.2, 0.25) is 0 Å². The fraction of sp³-hybridized carbons (Fsp3) is 0.536. The van der Waals surface area contributed by atoms with Gasteiger partial charge in [0, 0.05) is 24.3 Å². The predicted molar refractivity (Wildman–Crippen MR) is 123 cm³/mol. The van der Waals surface area contributed by atoms with Crippen molar-refractivity contribution in [2.75, 3.05) is 19.6 Å². The average Bonchev–Trinajstić information content (AvgIpc) is 3.10. The highest BCUT2D eigenvalue weighted by Gasteiger charge is 2.50. The maximum atomic E-state index is 13.8. The van der Waals surface area contributed by atoms with Crippen LogP contribution in [-0.4, -0.2) is 36.2 Å². The third kappa shape index (κ3) is 4.44. The number of fused-ring (bicyclic) bond motifs is 3. The van der Waals surface area contributed by atoms with Crippen LogP contribution in [0.4, 0.5) is 8.78 Å². The average molecular weight is 455 g/mol. The van der Waals surface area contributed by atoms with Crippen LogP contribution in [0.15, 0.2) is 48.5 Å². The minimum atomic E-state index is -0.808. The third-order valence-corrected chi connectivity index (χ3v) is 8.48. The topological polar surface area (TPSA) is 26.3 Å². The van der Waals surface area contributed by atoms with Crippen molar-refractivity contribution >= 4 is 5.97 Å². The summed E-state index contributed by atoms with van der Waals surface area (Å²) < 4.78 is 34.4. The Labute approximate surface area is 195 Å². The van der Waals surface area contributed by atoms with E-state index in [0.717, 1.165) is 73.8 Å². The summed E-state index contributed by atoms with van der Waals surface area (Å²) in [5.41, 5.74) is 1.35. The number of quaternary nitrogens is 1. The number of nitrogens with zero attached hydrogens (tertiary/aromatic N) is 1. The van der Waals surface area contributed by atoms with E-state index in [1.165, 1.54) is 25.0 Å². The van der Waals surface area contributed by atoms with Crippen LogP contribution in [-0.2, 0) is 21.5 Å². The molecule has 0 aromatic heterocycles. The van der Waals surface area contributed by atoms with E-state index in [1.807, 2.05) is 18.2 Å². The molecule has 0 N–H and O–H groups in total. The van der Waals surface area contributed by atoms with Crippen molar-refractivity contribution in [1.29, 1.82) is 0 Å². The smallest absolute Gasteiger partial charge is 0.317 e. The van der Waals surface area contributed by atoms with E-state index in [1.54, 1.807) is 6.07 Å². The third-order valence-electron chi connectivity index (χ3n) is 8.48. The van der Waals surface area contributed by atoms with Crippen LogP contribution in [0.5, 0.6) is 0 Å². The molecule has 6 rings (SSSR count). The van der Waals surface area contributed by atoms with Crippen molar-refractivity contribution in [3.8, 4) is 0 Å². The quantitative estimate of drug-likeness (QED) is 0.319. The van der Waals surface area contributed by atoms with E-state index < -0.39 is 17.0 Å². The fourth-order valence-electron chi connectivity index (χ4n) is 6.55. The Bertz CT molecular complexity index is 977. The van der Waals surface area contributed by atoms with Gasteiger partial charge in [-0.3, -0.25) is 4.79 Å². The number of benzene rings is 2. The Morgan fingerprint density at radius 1 is 0.939 bits per heavy atom. The molecule has 5 heteroatoms. The van der Waals surface area contributed by atoms with Gasteiger partial charge in [-0.15, -0.1) is 0 Å². The molecule has 3 saturated heterocycles. The molecule has 4 fully saturated rings.